The maximum atomic E-state index is 15.7. The number of oxazole rings is 1. The Labute approximate surface area is 292 Å². The molecule has 2 aliphatic rings. The molecule has 11 nitrogen and oxygen atoms in total. The van der Waals surface area contributed by atoms with E-state index in [1.807, 2.05) is 44.7 Å². The smallest absolute Gasteiger partial charge is 0.271 e. The van der Waals surface area contributed by atoms with Gasteiger partial charge in [0.1, 0.15) is 17.8 Å². The van der Waals surface area contributed by atoms with Crippen molar-refractivity contribution >= 4 is 33.2 Å². The predicted molar refractivity (Wildman–Crippen MR) is 185 cm³/mol. The first-order valence-corrected chi connectivity index (χ1v) is 17.9. The molecule has 13 heteroatoms. The molecule has 0 aliphatic carbocycles. The lowest BCUT2D eigenvalue weighted by Crippen LogP contribution is -2.55. The van der Waals surface area contributed by atoms with Crippen molar-refractivity contribution in [1.82, 2.24) is 15.2 Å². The Bertz CT molecular complexity index is 1930. The summed E-state index contributed by atoms with van der Waals surface area (Å²) in [5.41, 5.74) is -0.394. The quantitative estimate of drug-likeness (QED) is 0.197. The van der Waals surface area contributed by atoms with Gasteiger partial charge in [-0.15, -0.1) is 0 Å². The van der Waals surface area contributed by atoms with Gasteiger partial charge in [0.2, 0.25) is 5.89 Å². The number of halogens is 1. The summed E-state index contributed by atoms with van der Waals surface area (Å²) in [6, 6.07) is 15.8. The number of rotatable bonds is 11. The van der Waals surface area contributed by atoms with Crippen LogP contribution >= 0.6 is 11.6 Å². The second-order valence-corrected chi connectivity index (χ2v) is 15.3. The molecule has 1 N–H and O–H groups in total. The van der Waals surface area contributed by atoms with Gasteiger partial charge in [-0.2, -0.15) is 0 Å². The Balaban J connectivity index is 1.67. The third-order valence-electron chi connectivity index (χ3n) is 8.84. The molecule has 0 radical (unpaired) electrons. The molecule has 2 aliphatic heterocycles. The van der Waals surface area contributed by atoms with E-state index in [9.17, 15) is 8.42 Å². The number of fused-ring (bicyclic) bond motifs is 1. The van der Waals surface area contributed by atoms with Gasteiger partial charge < -0.3 is 23.9 Å². The number of ether oxygens (including phenoxy) is 3. The first-order chi connectivity index (χ1) is 23.3. The number of sulfonamides is 1. The van der Waals surface area contributed by atoms with Gasteiger partial charge in [-0.25, -0.2) is 17.7 Å². The molecule has 0 saturated carbocycles. The molecule has 260 valence electrons. The topological polar surface area (TPSA) is 123 Å². The van der Waals surface area contributed by atoms with Crippen molar-refractivity contribution in [2.45, 2.75) is 68.8 Å². The summed E-state index contributed by atoms with van der Waals surface area (Å²) in [4.78, 5) is 22.1. The van der Waals surface area contributed by atoms with Crippen LogP contribution in [-0.4, -0.2) is 63.2 Å². The largest absolute Gasteiger partial charge is 0.497 e. The minimum Gasteiger partial charge on any atom is -0.497 e. The predicted octanol–water partition coefficient (Wildman–Crippen LogP) is 6.06. The van der Waals surface area contributed by atoms with Crippen molar-refractivity contribution in [3.05, 3.63) is 101 Å². The fourth-order valence-corrected chi connectivity index (χ4v) is 8.57. The van der Waals surface area contributed by atoms with Crippen LogP contribution in [0.4, 0.5) is 5.69 Å². The van der Waals surface area contributed by atoms with Gasteiger partial charge in [0, 0.05) is 29.2 Å². The zero-order chi connectivity index (χ0) is 35.1. The normalized spacial score (nSPS) is 21.3. The molecule has 1 aromatic heterocycles. The van der Waals surface area contributed by atoms with Gasteiger partial charge in [0.25, 0.3) is 15.9 Å². The molecule has 3 aromatic carbocycles. The molecule has 1 saturated heterocycles. The summed E-state index contributed by atoms with van der Waals surface area (Å²) in [7, 11) is -1.44. The number of aromatic nitrogens is 1. The van der Waals surface area contributed by atoms with Crippen LogP contribution in [0.2, 0.25) is 5.02 Å². The number of likely N-dealkylation sites (tertiary alicyclic amines) is 1. The summed E-state index contributed by atoms with van der Waals surface area (Å²) < 4.78 is 53.9. The minimum atomic E-state index is -4.47. The zero-order valence-corrected chi connectivity index (χ0v) is 30.0. The van der Waals surface area contributed by atoms with E-state index >= 15 is 4.79 Å². The lowest BCUT2D eigenvalue weighted by atomic mass is 9.80. The van der Waals surface area contributed by atoms with E-state index in [0.717, 1.165) is 16.4 Å². The number of amides is 1. The van der Waals surface area contributed by atoms with Crippen molar-refractivity contribution in [3.8, 4) is 11.5 Å². The molecule has 6 rings (SSSR count). The van der Waals surface area contributed by atoms with E-state index in [-0.39, 0.29) is 23.2 Å². The highest BCUT2D eigenvalue weighted by Gasteiger charge is 2.64. The van der Waals surface area contributed by atoms with E-state index in [0.29, 0.717) is 46.5 Å². The number of benzene rings is 3. The summed E-state index contributed by atoms with van der Waals surface area (Å²) >= 11 is 6.72. The molecule has 49 heavy (non-hydrogen) atoms. The molecule has 0 spiro atoms. The SMILES string of the molecule is CCNCc1ccc(OC)c(C2(N3CC(OC(C)(C)C)CC3c3ncco3)C(=O)N(S(=O)(=O)c3ccc(OC)cc3)c3ccc(Cl)cc32)c1. The maximum Gasteiger partial charge on any atom is 0.271 e. The molecule has 0 bridgehead atoms. The number of nitrogens with zero attached hydrogens (tertiary/aromatic N) is 3. The third-order valence-corrected chi connectivity index (χ3v) is 10.8. The van der Waals surface area contributed by atoms with Crippen molar-refractivity contribution in [2.24, 2.45) is 0 Å². The molecular formula is C36H41ClN4O7S. The fraction of sp³-hybridized carbons (Fsp3) is 0.389. The van der Waals surface area contributed by atoms with Crippen LogP contribution in [0.1, 0.15) is 62.7 Å². The highest BCUT2D eigenvalue weighted by molar-refractivity contribution is 7.93. The number of nitrogens with one attached hydrogen (secondary N) is 1. The van der Waals surface area contributed by atoms with E-state index in [2.05, 4.69) is 10.3 Å². The summed E-state index contributed by atoms with van der Waals surface area (Å²) in [6.45, 7) is 9.38. The molecular weight excluding hydrogens is 668 g/mol. The summed E-state index contributed by atoms with van der Waals surface area (Å²) in [5.74, 6) is 0.531. The molecule has 1 amide bonds. The Morgan fingerprint density at radius 2 is 1.80 bits per heavy atom. The second kappa shape index (κ2) is 13.4. The molecule has 3 unspecified atom stereocenters. The third kappa shape index (κ3) is 6.21. The monoisotopic (exact) mass is 708 g/mol. The summed E-state index contributed by atoms with van der Waals surface area (Å²) in [5, 5.41) is 3.68. The molecule has 4 aromatic rings. The lowest BCUT2D eigenvalue weighted by Gasteiger charge is -2.41. The van der Waals surface area contributed by atoms with Gasteiger partial charge in [0.05, 0.1) is 48.7 Å². The average Bonchev–Trinajstić information content (AvgIpc) is 3.80. The van der Waals surface area contributed by atoms with E-state index in [4.69, 9.17) is 30.2 Å². The average molecular weight is 709 g/mol. The summed E-state index contributed by atoms with van der Waals surface area (Å²) in [6.07, 6.45) is 3.09. The van der Waals surface area contributed by atoms with Gasteiger partial charge in [-0.1, -0.05) is 24.6 Å². The van der Waals surface area contributed by atoms with E-state index < -0.39 is 33.1 Å². The standard InChI is InChI=1S/C36H41ClN4O7S/c1-7-38-21-23-8-15-32(46-6)29(18-23)36(40-22-26(48-35(2,3)4)20-31(40)33-39-16-17-47-33)28-19-24(37)9-14-30(28)41(34(36)42)49(43,44)27-12-10-25(45-5)11-13-27/h8-19,26,31,38H,7,20-22H2,1-6H3. The first-order valence-electron chi connectivity index (χ1n) is 16.1. The van der Waals surface area contributed by atoms with Gasteiger partial charge in [-0.05, 0) is 93.9 Å². The zero-order valence-electron chi connectivity index (χ0n) is 28.4. The number of carbonyl (C=O) groups excluding carboxylic acids is 1. The van der Waals surface area contributed by atoms with Crippen molar-refractivity contribution < 1.29 is 31.8 Å². The fourth-order valence-electron chi connectivity index (χ4n) is 6.93. The maximum absolute atomic E-state index is 15.7. The Hall–Kier alpha value is -3.94. The highest BCUT2D eigenvalue weighted by Crippen LogP contribution is 2.57. The van der Waals surface area contributed by atoms with Crippen LogP contribution in [-0.2, 0) is 31.6 Å². The van der Waals surface area contributed by atoms with Crippen molar-refractivity contribution in [1.29, 1.82) is 0 Å². The van der Waals surface area contributed by atoms with Crippen LogP contribution < -0.4 is 19.1 Å². The van der Waals surface area contributed by atoms with Gasteiger partial charge >= 0.3 is 0 Å². The molecule has 3 atom stereocenters. The number of hydrogen-bond donors (Lipinski definition) is 1. The van der Waals surface area contributed by atoms with E-state index in [1.165, 1.54) is 32.6 Å². The van der Waals surface area contributed by atoms with Gasteiger partial charge in [0.15, 0.2) is 5.54 Å². The molecule has 1 fully saturated rings. The molecule has 3 heterocycles. The van der Waals surface area contributed by atoms with Crippen LogP contribution in [0.3, 0.4) is 0 Å². The number of hydrogen-bond acceptors (Lipinski definition) is 10. The highest BCUT2D eigenvalue weighted by atomic mass is 35.5. The minimum absolute atomic E-state index is 0.0779. The number of anilines is 1. The van der Waals surface area contributed by atoms with E-state index in [1.54, 1.807) is 42.6 Å². The second-order valence-electron chi connectivity index (χ2n) is 13.1. The number of methoxy groups -OCH3 is 2. The lowest BCUT2D eigenvalue weighted by molar-refractivity contribution is -0.128. The number of carbonyl (C=O) groups is 1. The van der Waals surface area contributed by atoms with Crippen LogP contribution in [0, 0.1) is 0 Å². The van der Waals surface area contributed by atoms with Crippen molar-refractivity contribution in [3.63, 3.8) is 0 Å². The Kier molecular flexibility index (Phi) is 9.55. The van der Waals surface area contributed by atoms with Gasteiger partial charge in [-0.3, -0.25) is 9.69 Å². The Morgan fingerprint density at radius 3 is 2.43 bits per heavy atom. The Morgan fingerprint density at radius 1 is 1.04 bits per heavy atom. The van der Waals surface area contributed by atoms with Crippen LogP contribution in [0.25, 0.3) is 0 Å². The first kappa shape index (κ1) is 34.9. The van der Waals surface area contributed by atoms with Crippen LogP contribution in [0.5, 0.6) is 11.5 Å². The van der Waals surface area contributed by atoms with Crippen molar-refractivity contribution in [2.75, 3.05) is 31.6 Å². The van der Waals surface area contributed by atoms with Crippen LogP contribution in [0.15, 0.2) is 82.4 Å².